The number of para-hydroxylation sites is 1. The summed E-state index contributed by atoms with van der Waals surface area (Å²) in [6.07, 6.45) is 0.763. The minimum atomic E-state index is -0.406. The lowest BCUT2D eigenvalue weighted by atomic mass is 10.1. The van der Waals surface area contributed by atoms with E-state index in [0.29, 0.717) is 31.8 Å². The fourth-order valence-electron chi connectivity index (χ4n) is 4.42. The second-order valence-electron chi connectivity index (χ2n) is 8.90. The third kappa shape index (κ3) is 5.20. The average Bonchev–Trinajstić information content (AvgIpc) is 3.23. The molecule has 0 saturated heterocycles. The number of nitrogens with zero attached hydrogens (tertiary/aromatic N) is 4. The van der Waals surface area contributed by atoms with E-state index >= 15 is 0 Å². The largest absolute Gasteiger partial charge is 0.307 e. The van der Waals surface area contributed by atoms with Crippen LogP contribution in [0.25, 0.3) is 16.0 Å². The van der Waals surface area contributed by atoms with Crippen molar-refractivity contribution in [2.24, 2.45) is 0 Å². The molecule has 0 aliphatic carbocycles. The van der Waals surface area contributed by atoms with Gasteiger partial charge in [-0.15, -0.1) is 0 Å². The van der Waals surface area contributed by atoms with Crippen LogP contribution >= 0.6 is 35.3 Å². The maximum absolute atomic E-state index is 14.0. The van der Waals surface area contributed by atoms with E-state index in [4.69, 9.17) is 17.2 Å². The molecule has 0 unspecified atom stereocenters. The summed E-state index contributed by atoms with van der Waals surface area (Å²) in [4.78, 5) is 29.9. The molecule has 3 aromatic carbocycles. The number of nitro benzene ring substituents is 1. The first-order valence-corrected chi connectivity index (χ1v) is 14.2. The van der Waals surface area contributed by atoms with Crippen molar-refractivity contribution in [1.82, 2.24) is 14.1 Å². The van der Waals surface area contributed by atoms with E-state index in [1.807, 2.05) is 60.9 Å². The van der Waals surface area contributed by atoms with Gasteiger partial charge >= 0.3 is 0 Å². The van der Waals surface area contributed by atoms with Crippen LogP contribution in [0.3, 0.4) is 0 Å². The Kier molecular flexibility index (Phi) is 7.55. The summed E-state index contributed by atoms with van der Waals surface area (Å²) in [5, 5.41) is 11.8. The highest BCUT2D eigenvalue weighted by molar-refractivity contribution is 7.98. The summed E-state index contributed by atoms with van der Waals surface area (Å²) >= 11 is 8.35. The molecule has 38 heavy (non-hydrogen) atoms. The molecule has 0 aliphatic rings. The molecule has 5 rings (SSSR count). The predicted molar refractivity (Wildman–Crippen MR) is 156 cm³/mol. The minimum absolute atomic E-state index is 0.0333. The van der Waals surface area contributed by atoms with Crippen molar-refractivity contribution < 1.29 is 4.92 Å². The molecule has 0 aliphatic heterocycles. The highest BCUT2D eigenvalue weighted by Gasteiger charge is 2.20. The van der Waals surface area contributed by atoms with Crippen LogP contribution < -0.4 is 5.56 Å². The third-order valence-corrected chi connectivity index (χ3v) is 8.71. The number of rotatable bonds is 8. The molecular weight excluding hydrogens is 537 g/mol. The lowest BCUT2D eigenvalue weighted by molar-refractivity contribution is -0.384. The summed E-state index contributed by atoms with van der Waals surface area (Å²) in [6.45, 7) is 4.56. The zero-order chi connectivity index (χ0) is 26.8. The second kappa shape index (κ2) is 11.0. The molecule has 2 heterocycles. The molecule has 5 aromatic rings. The van der Waals surface area contributed by atoms with Crippen molar-refractivity contribution in [3.8, 4) is 5.69 Å². The van der Waals surface area contributed by atoms with E-state index in [2.05, 4.69) is 12.1 Å². The van der Waals surface area contributed by atoms with E-state index in [1.54, 1.807) is 16.7 Å². The van der Waals surface area contributed by atoms with Gasteiger partial charge in [0.1, 0.15) is 4.70 Å². The molecule has 0 N–H and O–H groups in total. The van der Waals surface area contributed by atoms with Crippen molar-refractivity contribution in [2.75, 3.05) is 0 Å². The lowest BCUT2D eigenvalue weighted by Crippen LogP contribution is -2.23. The Morgan fingerprint density at radius 1 is 1.00 bits per heavy atom. The number of thiazole rings is 1. The first kappa shape index (κ1) is 26.0. The van der Waals surface area contributed by atoms with Crippen molar-refractivity contribution >= 4 is 51.4 Å². The first-order chi connectivity index (χ1) is 18.3. The highest BCUT2D eigenvalue weighted by atomic mass is 32.2. The number of aromatic nitrogens is 3. The Morgan fingerprint density at radius 2 is 1.68 bits per heavy atom. The standard InChI is InChI=1S/C28H24N4O3S3/c1-18-8-6-9-19(2)23(18)31-26(33)24-25(30(28(36)38-24)15-14-20-10-4-3-5-11-20)29-27(31)37-17-21-12-7-13-22(16-21)32(34)35/h3-13,16H,14-15,17H2,1-2H3. The normalized spacial score (nSPS) is 11.2. The Labute approximate surface area is 232 Å². The van der Waals surface area contributed by atoms with Crippen molar-refractivity contribution in [3.63, 3.8) is 0 Å². The number of thioether (sulfide) groups is 1. The van der Waals surface area contributed by atoms with E-state index in [-0.39, 0.29) is 11.2 Å². The predicted octanol–water partition coefficient (Wildman–Crippen LogP) is 7.04. The highest BCUT2D eigenvalue weighted by Crippen LogP contribution is 2.30. The Hall–Kier alpha value is -3.60. The van der Waals surface area contributed by atoms with Gasteiger partial charge in [-0.05, 0) is 54.7 Å². The SMILES string of the molecule is Cc1cccc(C)c1-n1c(SCc2cccc([N+](=O)[O-])c2)nc2c(sc(=S)n2CCc2ccccc2)c1=O. The molecule has 7 nitrogen and oxygen atoms in total. The number of aryl methyl sites for hydroxylation is 4. The number of non-ortho nitro benzene ring substituents is 1. The maximum atomic E-state index is 14.0. The summed E-state index contributed by atoms with van der Waals surface area (Å²) in [6, 6.07) is 22.6. The smallest absolute Gasteiger partial charge is 0.278 e. The zero-order valence-corrected chi connectivity index (χ0v) is 23.2. The van der Waals surface area contributed by atoms with Crippen molar-refractivity contribution in [1.29, 1.82) is 0 Å². The maximum Gasteiger partial charge on any atom is 0.278 e. The van der Waals surface area contributed by atoms with Gasteiger partial charge in [0.25, 0.3) is 11.2 Å². The fourth-order valence-corrected chi connectivity index (χ4v) is 6.67. The van der Waals surface area contributed by atoms with E-state index in [0.717, 1.165) is 28.8 Å². The van der Waals surface area contributed by atoms with Gasteiger partial charge in [0, 0.05) is 24.4 Å². The summed E-state index contributed by atoms with van der Waals surface area (Å²) in [5.74, 6) is 0.416. The monoisotopic (exact) mass is 560 g/mol. The molecule has 0 saturated carbocycles. The molecule has 0 atom stereocenters. The molecule has 10 heteroatoms. The molecule has 0 radical (unpaired) electrons. The van der Waals surface area contributed by atoms with Gasteiger partial charge in [-0.25, -0.2) is 4.98 Å². The van der Waals surface area contributed by atoms with Gasteiger partial charge < -0.3 is 4.57 Å². The summed E-state index contributed by atoms with van der Waals surface area (Å²) < 4.78 is 4.73. The van der Waals surface area contributed by atoms with Crippen LogP contribution in [0.4, 0.5) is 5.69 Å². The second-order valence-corrected chi connectivity index (χ2v) is 11.5. The summed E-state index contributed by atoms with van der Waals surface area (Å²) in [5.41, 5.74) is 5.11. The van der Waals surface area contributed by atoms with Crippen molar-refractivity contribution in [2.45, 2.75) is 37.7 Å². The summed E-state index contributed by atoms with van der Waals surface area (Å²) in [7, 11) is 0. The fraction of sp³-hybridized carbons (Fsp3) is 0.179. The first-order valence-electron chi connectivity index (χ1n) is 12.0. The van der Waals surface area contributed by atoms with Gasteiger partial charge in [0.15, 0.2) is 14.8 Å². The van der Waals surface area contributed by atoms with Crippen LogP contribution in [0.1, 0.15) is 22.3 Å². The number of fused-ring (bicyclic) bond motifs is 1. The van der Waals surface area contributed by atoms with Crippen LogP contribution in [-0.2, 0) is 18.7 Å². The third-order valence-electron chi connectivity index (χ3n) is 6.28. The van der Waals surface area contributed by atoms with Gasteiger partial charge in [-0.1, -0.05) is 83.8 Å². The number of benzene rings is 3. The minimum Gasteiger partial charge on any atom is -0.307 e. The van der Waals surface area contributed by atoms with Gasteiger partial charge in [-0.2, -0.15) is 0 Å². The van der Waals surface area contributed by atoms with Crippen LogP contribution in [-0.4, -0.2) is 19.0 Å². The molecule has 2 aromatic heterocycles. The van der Waals surface area contributed by atoms with Gasteiger partial charge in [0.2, 0.25) is 0 Å². The Morgan fingerprint density at radius 3 is 2.39 bits per heavy atom. The van der Waals surface area contributed by atoms with Crippen molar-refractivity contribution in [3.05, 3.63) is 119 Å². The molecule has 0 fully saturated rings. The quantitative estimate of drug-likeness (QED) is 0.0666. The molecular formula is C28H24N4O3S3. The van der Waals surface area contributed by atoms with Crippen LogP contribution in [0.15, 0.2) is 82.7 Å². The molecule has 192 valence electrons. The van der Waals surface area contributed by atoms with Gasteiger partial charge in [0.05, 0.1) is 10.6 Å². The topological polar surface area (TPSA) is 83.0 Å². The van der Waals surface area contributed by atoms with Gasteiger partial charge in [-0.3, -0.25) is 19.5 Å². The van der Waals surface area contributed by atoms with Crippen LogP contribution in [0.2, 0.25) is 0 Å². The van der Waals surface area contributed by atoms with Crippen LogP contribution in [0, 0.1) is 27.9 Å². The van der Waals surface area contributed by atoms with E-state index in [1.165, 1.54) is 34.7 Å². The molecule has 0 amide bonds. The van der Waals surface area contributed by atoms with E-state index in [9.17, 15) is 14.9 Å². The Bertz CT molecular complexity index is 1750. The molecule has 0 bridgehead atoms. The van der Waals surface area contributed by atoms with Crippen LogP contribution in [0.5, 0.6) is 0 Å². The number of nitro groups is 1. The van der Waals surface area contributed by atoms with E-state index < -0.39 is 4.92 Å². The Balaban J connectivity index is 1.63. The lowest BCUT2D eigenvalue weighted by Gasteiger charge is -2.17. The number of hydrogen-bond acceptors (Lipinski definition) is 7. The average molecular weight is 561 g/mol. The molecule has 0 spiro atoms. The zero-order valence-electron chi connectivity index (χ0n) is 20.8. The number of hydrogen-bond donors (Lipinski definition) is 0.